The standard InChI is InChI=1S/C10H20N2O3/c1-9(13)12-5-6-14-8-10-2-3-11-4-7-15-10/h10-11H,2-8H2,1H3,(H,12,13). The molecular formula is C10H20N2O3. The van der Waals surface area contributed by atoms with E-state index in [-0.39, 0.29) is 12.0 Å². The molecule has 1 unspecified atom stereocenters. The zero-order valence-electron chi connectivity index (χ0n) is 9.25. The number of carbonyl (C=O) groups excluding carboxylic acids is 1. The number of amides is 1. The molecule has 0 spiro atoms. The fourth-order valence-corrected chi connectivity index (χ4v) is 1.41. The highest BCUT2D eigenvalue weighted by Crippen LogP contribution is 2.01. The Bertz CT molecular complexity index is 180. The molecule has 0 aliphatic carbocycles. The first-order chi connectivity index (χ1) is 7.29. The van der Waals surface area contributed by atoms with Crippen molar-refractivity contribution in [2.45, 2.75) is 19.4 Å². The zero-order valence-corrected chi connectivity index (χ0v) is 9.25. The van der Waals surface area contributed by atoms with Crippen LogP contribution in [0.25, 0.3) is 0 Å². The van der Waals surface area contributed by atoms with Crippen LogP contribution in [0.1, 0.15) is 13.3 Å². The molecule has 0 aromatic carbocycles. The van der Waals surface area contributed by atoms with Crippen LogP contribution in [0.2, 0.25) is 0 Å². The van der Waals surface area contributed by atoms with E-state index in [0.717, 1.165) is 26.1 Å². The van der Waals surface area contributed by atoms with Crippen molar-refractivity contribution < 1.29 is 14.3 Å². The number of hydrogen-bond donors (Lipinski definition) is 2. The van der Waals surface area contributed by atoms with Crippen molar-refractivity contribution in [2.75, 3.05) is 39.5 Å². The normalized spacial score (nSPS) is 22.1. The minimum atomic E-state index is -0.0199. The fraction of sp³-hybridized carbons (Fsp3) is 0.900. The molecule has 1 aliphatic heterocycles. The molecule has 1 fully saturated rings. The maximum Gasteiger partial charge on any atom is 0.216 e. The van der Waals surface area contributed by atoms with E-state index in [1.54, 1.807) is 0 Å². The summed E-state index contributed by atoms with van der Waals surface area (Å²) in [5.41, 5.74) is 0. The van der Waals surface area contributed by atoms with Crippen molar-refractivity contribution >= 4 is 5.91 Å². The molecule has 15 heavy (non-hydrogen) atoms. The van der Waals surface area contributed by atoms with Gasteiger partial charge in [0.25, 0.3) is 0 Å². The number of nitrogens with one attached hydrogen (secondary N) is 2. The minimum Gasteiger partial charge on any atom is -0.377 e. The summed E-state index contributed by atoms with van der Waals surface area (Å²) in [6, 6.07) is 0. The quantitative estimate of drug-likeness (QED) is 0.609. The molecule has 88 valence electrons. The first kappa shape index (κ1) is 12.4. The predicted octanol–water partition coefficient (Wildman–Crippen LogP) is -0.482. The molecule has 1 heterocycles. The van der Waals surface area contributed by atoms with Crippen molar-refractivity contribution in [2.24, 2.45) is 0 Å². The Morgan fingerprint density at radius 2 is 2.47 bits per heavy atom. The lowest BCUT2D eigenvalue weighted by atomic mass is 10.3. The van der Waals surface area contributed by atoms with Crippen LogP contribution in [-0.4, -0.2) is 51.5 Å². The first-order valence-corrected chi connectivity index (χ1v) is 5.43. The van der Waals surface area contributed by atoms with Gasteiger partial charge in [-0.05, 0) is 13.0 Å². The third-order valence-corrected chi connectivity index (χ3v) is 2.20. The summed E-state index contributed by atoms with van der Waals surface area (Å²) < 4.78 is 11.0. The van der Waals surface area contributed by atoms with Crippen LogP contribution in [-0.2, 0) is 14.3 Å². The summed E-state index contributed by atoms with van der Waals surface area (Å²) in [7, 11) is 0. The average molecular weight is 216 g/mol. The highest BCUT2D eigenvalue weighted by molar-refractivity contribution is 5.72. The summed E-state index contributed by atoms with van der Waals surface area (Å²) in [5, 5.41) is 5.93. The molecule has 2 N–H and O–H groups in total. The van der Waals surface area contributed by atoms with Gasteiger partial charge >= 0.3 is 0 Å². The Kier molecular flexibility index (Phi) is 6.31. The maximum absolute atomic E-state index is 10.6. The molecule has 1 aliphatic rings. The third-order valence-electron chi connectivity index (χ3n) is 2.20. The Labute approximate surface area is 90.5 Å². The molecule has 0 aromatic rings. The highest BCUT2D eigenvalue weighted by Gasteiger charge is 2.11. The van der Waals surface area contributed by atoms with Crippen LogP contribution in [0.15, 0.2) is 0 Å². The van der Waals surface area contributed by atoms with Gasteiger partial charge in [0, 0.05) is 20.0 Å². The van der Waals surface area contributed by atoms with Gasteiger partial charge in [0.15, 0.2) is 0 Å². The van der Waals surface area contributed by atoms with Gasteiger partial charge in [0.2, 0.25) is 5.91 Å². The molecule has 0 aromatic heterocycles. The minimum absolute atomic E-state index is 0.0199. The number of carbonyl (C=O) groups is 1. The van der Waals surface area contributed by atoms with E-state index >= 15 is 0 Å². The van der Waals surface area contributed by atoms with Gasteiger partial charge in [-0.2, -0.15) is 0 Å². The number of hydrogen-bond acceptors (Lipinski definition) is 4. The molecule has 0 bridgehead atoms. The van der Waals surface area contributed by atoms with Gasteiger partial charge in [-0.15, -0.1) is 0 Å². The van der Waals surface area contributed by atoms with Gasteiger partial charge in [0.05, 0.1) is 25.9 Å². The lowest BCUT2D eigenvalue weighted by molar-refractivity contribution is -0.119. The van der Waals surface area contributed by atoms with Crippen LogP contribution in [0.3, 0.4) is 0 Å². The van der Waals surface area contributed by atoms with Crippen molar-refractivity contribution in [3.63, 3.8) is 0 Å². The molecule has 1 amide bonds. The molecule has 1 rings (SSSR count). The van der Waals surface area contributed by atoms with Gasteiger partial charge in [-0.25, -0.2) is 0 Å². The largest absolute Gasteiger partial charge is 0.377 e. The molecule has 1 saturated heterocycles. The average Bonchev–Trinajstić information content (AvgIpc) is 2.45. The van der Waals surface area contributed by atoms with Crippen LogP contribution in [0.4, 0.5) is 0 Å². The Morgan fingerprint density at radius 1 is 1.60 bits per heavy atom. The van der Waals surface area contributed by atoms with E-state index in [2.05, 4.69) is 10.6 Å². The first-order valence-electron chi connectivity index (χ1n) is 5.43. The summed E-state index contributed by atoms with van der Waals surface area (Å²) >= 11 is 0. The monoisotopic (exact) mass is 216 g/mol. The maximum atomic E-state index is 10.6. The van der Waals surface area contributed by atoms with E-state index in [4.69, 9.17) is 9.47 Å². The van der Waals surface area contributed by atoms with Gasteiger partial charge in [-0.1, -0.05) is 0 Å². The van der Waals surface area contributed by atoms with Crippen molar-refractivity contribution in [3.05, 3.63) is 0 Å². The fourth-order valence-electron chi connectivity index (χ4n) is 1.41. The van der Waals surface area contributed by atoms with E-state index in [1.165, 1.54) is 6.92 Å². The van der Waals surface area contributed by atoms with Crippen LogP contribution >= 0.6 is 0 Å². The molecular weight excluding hydrogens is 196 g/mol. The summed E-state index contributed by atoms with van der Waals surface area (Å²) in [4.78, 5) is 10.6. The van der Waals surface area contributed by atoms with Gasteiger partial charge < -0.3 is 20.1 Å². The summed E-state index contributed by atoms with van der Waals surface area (Å²) in [6.07, 6.45) is 1.18. The number of rotatable bonds is 5. The topological polar surface area (TPSA) is 59.6 Å². The summed E-state index contributed by atoms with van der Waals surface area (Å²) in [5.74, 6) is -0.0199. The highest BCUT2D eigenvalue weighted by atomic mass is 16.5. The van der Waals surface area contributed by atoms with E-state index in [1.807, 2.05) is 0 Å². The Balaban J connectivity index is 1.96. The SMILES string of the molecule is CC(=O)NCCOCC1CCNCCO1. The van der Waals surface area contributed by atoms with Crippen molar-refractivity contribution in [1.29, 1.82) is 0 Å². The second-order valence-corrected chi connectivity index (χ2v) is 3.59. The summed E-state index contributed by atoms with van der Waals surface area (Å²) in [6.45, 7) is 5.89. The van der Waals surface area contributed by atoms with Crippen molar-refractivity contribution in [1.82, 2.24) is 10.6 Å². The van der Waals surface area contributed by atoms with E-state index < -0.39 is 0 Å². The van der Waals surface area contributed by atoms with Gasteiger partial charge in [0.1, 0.15) is 0 Å². The van der Waals surface area contributed by atoms with E-state index in [0.29, 0.717) is 19.8 Å². The third kappa shape index (κ3) is 6.43. The Hall–Kier alpha value is -0.650. The van der Waals surface area contributed by atoms with Crippen LogP contribution in [0.5, 0.6) is 0 Å². The van der Waals surface area contributed by atoms with E-state index in [9.17, 15) is 4.79 Å². The lowest BCUT2D eigenvalue weighted by Gasteiger charge is -2.14. The van der Waals surface area contributed by atoms with Crippen LogP contribution in [0, 0.1) is 0 Å². The molecule has 5 nitrogen and oxygen atoms in total. The lowest BCUT2D eigenvalue weighted by Crippen LogP contribution is -2.27. The van der Waals surface area contributed by atoms with Crippen LogP contribution < -0.4 is 10.6 Å². The smallest absolute Gasteiger partial charge is 0.216 e. The second-order valence-electron chi connectivity index (χ2n) is 3.59. The molecule has 0 saturated carbocycles. The molecule has 0 radical (unpaired) electrons. The van der Waals surface area contributed by atoms with Crippen molar-refractivity contribution in [3.8, 4) is 0 Å². The number of ether oxygens (including phenoxy) is 2. The Morgan fingerprint density at radius 3 is 3.27 bits per heavy atom. The molecule has 1 atom stereocenters. The van der Waals surface area contributed by atoms with Gasteiger partial charge in [-0.3, -0.25) is 4.79 Å². The predicted molar refractivity (Wildman–Crippen MR) is 56.7 cm³/mol. The second kappa shape index (κ2) is 7.62. The zero-order chi connectivity index (χ0) is 10.9. The molecule has 5 heteroatoms.